The second-order valence-corrected chi connectivity index (χ2v) is 5.93. The molecule has 1 saturated heterocycles. The van der Waals surface area contributed by atoms with Gasteiger partial charge in [0.15, 0.2) is 0 Å². The maximum Gasteiger partial charge on any atom is 0.119 e. The molecule has 0 aromatic heterocycles. The van der Waals surface area contributed by atoms with E-state index < -0.39 is 0 Å². The van der Waals surface area contributed by atoms with Gasteiger partial charge in [0.1, 0.15) is 12.4 Å². The summed E-state index contributed by atoms with van der Waals surface area (Å²) in [4.78, 5) is 2.50. The molecule has 0 saturated carbocycles. The summed E-state index contributed by atoms with van der Waals surface area (Å²) in [5, 5.41) is 0. The summed E-state index contributed by atoms with van der Waals surface area (Å²) in [5.41, 5.74) is 7.50. The molecule has 2 atom stereocenters. The van der Waals surface area contributed by atoms with E-state index in [0.717, 1.165) is 12.3 Å². The highest BCUT2D eigenvalue weighted by Gasteiger charge is 2.28. The van der Waals surface area contributed by atoms with E-state index >= 15 is 0 Å². The molecule has 19 heavy (non-hydrogen) atoms. The first-order valence-electron chi connectivity index (χ1n) is 7.25. The van der Waals surface area contributed by atoms with Crippen molar-refractivity contribution in [1.82, 2.24) is 4.90 Å². The maximum atomic E-state index is 6.28. The lowest BCUT2D eigenvalue weighted by molar-refractivity contribution is 0.225. The number of hydrogen-bond acceptors (Lipinski definition) is 3. The topological polar surface area (TPSA) is 38.5 Å². The van der Waals surface area contributed by atoms with Crippen LogP contribution in [-0.4, -0.2) is 36.7 Å². The van der Waals surface area contributed by atoms with Gasteiger partial charge in [-0.1, -0.05) is 12.1 Å². The van der Waals surface area contributed by atoms with E-state index in [-0.39, 0.29) is 6.04 Å². The smallest absolute Gasteiger partial charge is 0.119 e. The fraction of sp³-hybridized carbons (Fsp3) is 0.625. The number of benzene rings is 1. The maximum absolute atomic E-state index is 6.28. The molecule has 2 rings (SSSR count). The van der Waals surface area contributed by atoms with E-state index in [1.807, 2.05) is 12.1 Å². The van der Waals surface area contributed by atoms with Gasteiger partial charge in [-0.3, -0.25) is 0 Å². The van der Waals surface area contributed by atoms with E-state index in [4.69, 9.17) is 10.5 Å². The number of nitrogens with zero attached hydrogens (tertiary/aromatic N) is 1. The van der Waals surface area contributed by atoms with E-state index in [9.17, 15) is 0 Å². The van der Waals surface area contributed by atoms with Gasteiger partial charge in [-0.2, -0.15) is 0 Å². The molecule has 1 aromatic carbocycles. The Kier molecular flexibility index (Phi) is 4.83. The molecule has 0 bridgehead atoms. The fourth-order valence-corrected chi connectivity index (χ4v) is 2.67. The van der Waals surface area contributed by atoms with Crippen LogP contribution in [-0.2, 0) is 0 Å². The predicted molar refractivity (Wildman–Crippen MR) is 79.5 cm³/mol. The molecule has 1 aliphatic rings. The first kappa shape index (κ1) is 14.4. The minimum atomic E-state index is 0.129. The van der Waals surface area contributed by atoms with Crippen LogP contribution in [0.15, 0.2) is 24.3 Å². The zero-order valence-corrected chi connectivity index (χ0v) is 12.3. The molecule has 3 nitrogen and oxygen atoms in total. The number of likely N-dealkylation sites (tertiary alicyclic amines) is 1. The van der Waals surface area contributed by atoms with Crippen LogP contribution in [0, 0.1) is 12.8 Å². The third-order valence-corrected chi connectivity index (χ3v) is 4.02. The Morgan fingerprint density at radius 1 is 1.42 bits per heavy atom. The summed E-state index contributed by atoms with van der Waals surface area (Å²) in [7, 11) is 0. The summed E-state index contributed by atoms with van der Waals surface area (Å²) in [6, 6.07) is 8.90. The van der Waals surface area contributed by atoms with Gasteiger partial charge in [-0.15, -0.1) is 0 Å². The molecule has 3 heteroatoms. The molecule has 1 aliphatic heterocycles. The van der Waals surface area contributed by atoms with Crippen LogP contribution in [0.2, 0.25) is 0 Å². The lowest BCUT2D eigenvalue weighted by Gasteiger charge is -2.23. The van der Waals surface area contributed by atoms with Gasteiger partial charge in [0, 0.05) is 18.6 Å². The summed E-state index contributed by atoms with van der Waals surface area (Å²) >= 11 is 0. The lowest BCUT2D eigenvalue weighted by atomic mass is 10.0. The van der Waals surface area contributed by atoms with Crippen LogP contribution in [0.1, 0.15) is 25.8 Å². The number of ether oxygens (including phenoxy) is 1. The van der Waals surface area contributed by atoms with Crippen LogP contribution in [0.3, 0.4) is 0 Å². The highest BCUT2D eigenvalue weighted by atomic mass is 16.5. The Morgan fingerprint density at radius 2 is 2.21 bits per heavy atom. The largest absolute Gasteiger partial charge is 0.492 e. The minimum absolute atomic E-state index is 0.129. The van der Waals surface area contributed by atoms with Crippen molar-refractivity contribution in [3.05, 3.63) is 29.8 Å². The van der Waals surface area contributed by atoms with Crippen molar-refractivity contribution in [3.8, 4) is 5.75 Å². The Balaban J connectivity index is 1.80. The van der Waals surface area contributed by atoms with Crippen LogP contribution in [0.5, 0.6) is 5.75 Å². The van der Waals surface area contributed by atoms with Gasteiger partial charge in [0.2, 0.25) is 0 Å². The Bertz CT molecular complexity index is 405. The minimum Gasteiger partial charge on any atom is -0.492 e. The molecule has 1 aromatic rings. The zero-order chi connectivity index (χ0) is 13.8. The van der Waals surface area contributed by atoms with Crippen molar-refractivity contribution >= 4 is 0 Å². The summed E-state index contributed by atoms with van der Waals surface area (Å²) in [6.45, 7) is 9.45. The third-order valence-electron chi connectivity index (χ3n) is 4.02. The van der Waals surface area contributed by atoms with E-state index in [1.54, 1.807) is 0 Å². The average molecular weight is 262 g/mol. The number of aryl methyl sites for hydroxylation is 1. The molecule has 1 fully saturated rings. The highest BCUT2D eigenvalue weighted by molar-refractivity contribution is 5.27. The molecule has 2 N–H and O–H groups in total. The Hall–Kier alpha value is -1.06. The SMILES string of the molecule is Cc1cccc(OCC(N)C2CCN(C(C)C)C2)c1. The molecule has 0 spiro atoms. The zero-order valence-electron chi connectivity index (χ0n) is 12.3. The summed E-state index contributed by atoms with van der Waals surface area (Å²) in [6.07, 6.45) is 1.19. The molecule has 0 amide bonds. The van der Waals surface area contributed by atoms with Crippen LogP contribution in [0.25, 0.3) is 0 Å². The van der Waals surface area contributed by atoms with Gasteiger partial charge >= 0.3 is 0 Å². The molecule has 0 aliphatic carbocycles. The predicted octanol–water partition coefficient (Wildman–Crippen LogP) is 2.43. The van der Waals surface area contributed by atoms with Crippen LogP contribution >= 0.6 is 0 Å². The van der Waals surface area contributed by atoms with Crippen molar-refractivity contribution in [2.24, 2.45) is 11.7 Å². The second-order valence-electron chi connectivity index (χ2n) is 5.93. The highest BCUT2D eigenvalue weighted by Crippen LogP contribution is 2.21. The van der Waals surface area contributed by atoms with Gasteiger partial charge in [0.25, 0.3) is 0 Å². The quantitative estimate of drug-likeness (QED) is 0.885. The lowest BCUT2D eigenvalue weighted by Crippen LogP contribution is -2.38. The fourth-order valence-electron chi connectivity index (χ4n) is 2.67. The average Bonchev–Trinajstić information content (AvgIpc) is 2.86. The van der Waals surface area contributed by atoms with Gasteiger partial charge in [-0.25, -0.2) is 0 Å². The third kappa shape index (κ3) is 3.95. The monoisotopic (exact) mass is 262 g/mol. The second kappa shape index (κ2) is 6.40. The normalized spacial score (nSPS) is 21.8. The summed E-state index contributed by atoms with van der Waals surface area (Å²) < 4.78 is 5.81. The van der Waals surface area contributed by atoms with Gasteiger partial charge in [-0.05, 0) is 57.4 Å². The molecular weight excluding hydrogens is 236 g/mol. The van der Waals surface area contributed by atoms with E-state index in [0.29, 0.717) is 18.6 Å². The molecule has 0 radical (unpaired) electrons. The van der Waals surface area contributed by atoms with Crippen molar-refractivity contribution < 1.29 is 4.74 Å². The molecular formula is C16H26N2O. The van der Waals surface area contributed by atoms with Crippen molar-refractivity contribution in [2.45, 2.75) is 39.3 Å². The first-order chi connectivity index (χ1) is 9.06. The van der Waals surface area contributed by atoms with Gasteiger partial charge in [0.05, 0.1) is 0 Å². The number of hydrogen-bond donors (Lipinski definition) is 1. The first-order valence-corrected chi connectivity index (χ1v) is 7.25. The van der Waals surface area contributed by atoms with Crippen molar-refractivity contribution in [2.75, 3.05) is 19.7 Å². The standard InChI is InChI=1S/C16H26N2O/c1-12(2)18-8-7-14(10-18)16(17)11-19-15-6-4-5-13(3)9-15/h4-6,9,12,14,16H,7-8,10-11,17H2,1-3H3. The summed E-state index contributed by atoms with van der Waals surface area (Å²) in [5.74, 6) is 1.49. The Morgan fingerprint density at radius 3 is 2.84 bits per heavy atom. The molecule has 106 valence electrons. The van der Waals surface area contributed by atoms with E-state index in [2.05, 4.69) is 37.8 Å². The van der Waals surface area contributed by atoms with Crippen LogP contribution in [0.4, 0.5) is 0 Å². The van der Waals surface area contributed by atoms with Gasteiger partial charge < -0.3 is 15.4 Å². The number of nitrogens with two attached hydrogens (primary N) is 1. The Labute approximate surface area is 116 Å². The molecule has 2 unspecified atom stereocenters. The number of rotatable bonds is 5. The van der Waals surface area contributed by atoms with Crippen LogP contribution < -0.4 is 10.5 Å². The van der Waals surface area contributed by atoms with Crippen molar-refractivity contribution in [3.63, 3.8) is 0 Å². The molecule has 1 heterocycles. The van der Waals surface area contributed by atoms with E-state index in [1.165, 1.54) is 18.5 Å². The van der Waals surface area contributed by atoms with Crippen molar-refractivity contribution in [1.29, 1.82) is 0 Å².